The van der Waals surface area contributed by atoms with Gasteiger partial charge in [0.1, 0.15) is 56.4 Å². The predicted molar refractivity (Wildman–Crippen MR) is 311 cm³/mol. The summed E-state index contributed by atoms with van der Waals surface area (Å²) in [5.41, 5.74) is 7.54. The molecule has 20 atom stereocenters. The molecule has 0 aromatic heterocycles. The van der Waals surface area contributed by atoms with Gasteiger partial charge < -0.3 is 97.5 Å². The minimum atomic E-state index is -1.82. The van der Waals surface area contributed by atoms with Gasteiger partial charge >= 0.3 is 54.0 Å². The molecule has 2 aromatic rings. The SMILES string of the molecule is CC(=O)OCCCCC1OC(OC2C(C)CC(NC(=O)C(CCNC(=O)OCc3ccccc3)OC(C)=O)C(OC(C)=O)C2OC2OC(COC(C)=O)C(OC3OC(CN)C(OC(C)=O)C(OC(C)=O)C3NC(=O)OCc3ccccc3)C2OC(C)=O)C(C)C2OC12. The number of ether oxygens (including phenoxy) is 16. The van der Waals surface area contributed by atoms with Crippen molar-refractivity contribution in [3.05, 3.63) is 71.8 Å². The molecule has 2 aromatic carbocycles. The summed E-state index contributed by atoms with van der Waals surface area (Å²) in [4.78, 5) is 130. The van der Waals surface area contributed by atoms with Gasteiger partial charge in [0.05, 0.1) is 31.0 Å². The highest BCUT2D eigenvalue weighted by Crippen LogP contribution is 2.46. The van der Waals surface area contributed by atoms with Crippen molar-refractivity contribution in [3.63, 3.8) is 0 Å². The third-order valence-electron chi connectivity index (χ3n) is 15.6. The minimum absolute atomic E-state index is 0.00462. The first kappa shape index (κ1) is 71.9. The smallest absolute Gasteiger partial charge is 0.407 e. The Kier molecular flexibility index (Phi) is 26.8. The van der Waals surface area contributed by atoms with Crippen LogP contribution in [0.3, 0.4) is 0 Å². The monoisotopic (exact) mass is 1300 g/mol. The Morgan fingerprint density at radius 3 is 1.67 bits per heavy atom. The van der Waals surface area contributed by atoms with E-state index in [0.29, 0.717) is 24.8 Å². The van der Waals surface area contributed by atoms with Crippen molar-refractivity contribution in [3.8, 4) is 0 Å². The number of hydrogen-bond donors (Lipinski definition) is 4. The van der Waals surface area contributed by atoms with Crippen LogP contribution in [-0.2, 0) is 127 Å². The summed E-state index contributed by atoms with van der Waals surface area (Å²) in [7, 11) is 0. The number of benzene rings is 2. The van der Waals surface area contributed by atoms with Crippen LogP contribution in [0.4, 0.5) is 9.59 Å². The number of esters is 7. The Bertz CT molecular complexity index is 2840. The van der Waals surface area contributed by atoms with E-state index < -0.39 is 183 Å². The number of epoxide rings is 1. The second-order valence-corrected chi connectivity index (χ2v) is 23.0. The number of alkyl carbamates (subject to hydrolysis) is 2. The van der Waals surface area contributed by atoms with Gasteiger partial charge in [-0.2, -0.15) is 0 Å². The molecule has 92 heavy (non-hydrogen) atoms. The molecule has 508 valence electrons. The first-order valence-corrected chi connectivity index (χ1v) is 30.5. The lowest BCUT2D eigenvalue weighted by molar-refractivity contribution is -0.300. The van der Waals surface area contributed by atoms with Crippen LogP contribution < -0.4 is 21.7 Å². The standard InChI is InChI=1S/C62H84N4O26/c1-31-26-42(65-57(74)44(81-35(5)69)23-24-64-61(75)79-28-40-18-12-10-13-19-40)50(82-36(6)70)55(48(31)90-58-32(2)49-51(89-49)43(86-58)22-16-17-25-77-33(3)67)92-60-56(85-39(9)73)53(46(88-60)30-78-34(4)68)91-59-47(66-62(76)80-29-41-20-14-11-15-21-41)54(84-38(8)72)52(83-37(7)71)45(27-63)87-59/h10-15,18-21,31-32,42-56,58-60H,16-17,22-30,63H2,1-9H3,(H,64,75)(H,65,74)(H,66,76). The van der Waals surface area contributed by atoms with Crippen molar-refractivity contribution in [1.82, 2.24) is 16.0 Å². The molecule has 3 amide bonds. The zero-order valence-corrected chi connectivity index (χ0v) is 52.8. The summed E-state index contributed by atoms with van der Waals surface area (Å²) in [6.45, 7) is 10.2. The maximum atomic E-state index is 14.5. The topological polar surface area (TPSA) is 384 Å². The number of hydrogen-bond acceptors (Lipinski definition) is 27. The van der Waals surface area contributed by atoms with Crippen molar-refractivity contribution >= 4 is 59.9 Å². The van der Waals surface area contributed by atoms with Crippen LogP contribution in [-0.4, -0.2) is 196 Å². The molecule has 7 rings (SSSR count). The Hall–Kier alpha value is -7.58. The van der Waals surface area contributed by atoms with Gasteiger partial charge in [0.15, 0.2) is 49.4 Å². The quantitative estimate of drug-likeness (QED) is 0.0394. The van der Waals surface area contributed by atoms with Crippen molar-refractivity contribution in [2.24, 2.45) is 17.6 Å². The number of unbranched alkanes of at least 4 members (excludes halogenated alkanes) is 1. The average Bonchev–Trinajstić information content (AvgIpc) is 1.50. The van der Waals surface area contributed by atoms with Crippen molar-refractivity contribution in [2.45, 2.75) is 218 Å². The molecule has 5 aliphatic rings. The van der Waals surface area contributed by atoms with Gasteiger partial charge in [-0.05, 0) is 42.7 Å². The fraction of sp³-hybridized carbons (Fsp3) is 0.645. The summed E-state index contributed by atoms with van der Waals surface area (Å²) in [6.07, 6.45) is -21.3. The maximum Gasteiger partial charge on any atom is 0.407 e. The number of amides is 3. The van der Waals surface area contributed by atoms with Crippen molar-refractivity contribution in [2.75, 3.05) is 26.3 Å². The van der Waals surface area contributed by atoms with E-state index in [1.165, 1.54) is 6.92 Å². The lowest BCUT2D eigenvalue weighted by Gasteiger charge is -2.47. The largest absolute Gasteiger partial charge is 0.466 e. The van der Waals surface area contributed by atoms with E-state index in [-0.39, 0.29) is 51.4 Å². The molecule has 4 aliphatic heterocycles. The zero-order valence-electron chi connectivity index (χ0n) is 52.8. The molecule has 30 heteroatoms. The van der Waals surface area contributed by atoms with E-state index in [2.05, 4.69) is 16.0 Å². The molecule has 4 heterocycles. The first-order valence-electron chi connectivity index (χ1n) is 30.5. The molecule has 1 saturated carbocycles. The fourth-order valence-electron chi connectivity index (χ4n) is 11.5. The predicted octanol–water partition coefficient (Wildman–Crippen LogP) is 2.77. The van der Waals surface area contributed by atoms with E-state index in [1.807, 2.05) is 6.92 Å². The van der Waals surface area contributed by atoms with Crippen LogP contribution in [0.25, 0.3) is 0 Å². The van der Waals surface area contributed by atoms with E-state index >= 15 is 0 Å². The molecule has 0 radical (unpaired) electrons. The highest BCUT2D eigenvalue weighted by Gasteiger charge is 2.61. The molecule has 0 bridgehead atoms. The van der Waals surface area contributed by atoms with Crippen LogP contribution in [0.2, 0.25) is 0 Å². The minimum Gasteiger partial charge on any atom is -0.466 e. The van der Waals surface area contributed by atoms with Gasteiger partial charge in [-0.15, -0.1) is 0 Å². The van der Waals surface area contributed by atoms with E-state index in [4.69, 9.17) is 81.5 Å². The third-order valence-corrected chi connectivity index (χ3v) is 15.6. The zero-order chi connectivity index (χ0) is 66.8. The van der Waals surface area contributed by atoms with Gasteiger partial charge in [0, 0.05) is 73.9 Å². The highest BCUT2D eigenvalue weighted by atomic mass is 16.8. The fourth-order valence-corrected chi connectivity index (χ4v) is 11.5. The second-order valence-electron chi connectivity index (χ2n) is 23.0. The van der Waals surface area contributed by atoms with Crippen LogP contribution in [0.15, 0.2) is 60.7 Å². The summed E-state index contributed by atoms with van der Waals surface area (Å²) in [6, 6.07) is 14.7. The van der Waals surface area contributed by atoms with Crippen molar-refractivity contribution < 1.29 is 124 Å². The number of fused-ring (bicyclic) bond motifs is 1. The van der Waals surface area contributed by atoms with Gasteiger partial charge in [-0.1, -0.05) is 74.5 Å². The lowest BCUT2D eigenvalue weighted by atomic mass is 9.79. The van der Waals surface area contributed by atoms with Crippen LogP contribution in [0, 0.1) is 11.8 Å². The number of nitrogens with two attached hydrogens (primary N) is 1. The summed E-state index contributed by atoms with van der Waals surface area (Å²) < 4.78 is 96.8. The molecule has 5 N–H and O–H groups in total. The molecule has 30 nitrogen and oxygen atoms in total. The van der Waals surface area contributed by atoms with Crippen LogP contribution >= 0.6 is 0 Å². The van der Waals surface area contributed by atoms with Gasteiger partial charge in [-0.25, -0.2) is 9.59 Å². The molecule has 0 spiro atoms. The first-order chi connectivity index (χ1) is 43.9. The second kappa shape index (κ2) is 34.4. The number of carbonyl (C=O) groups excluding carboxylic acids is 10. The lowest BCUT2D eigenvalue weighted by Crippen LogP contribution is -2.68. The van der Waals surface area contributed by atoms with Gasteiger partial charge in [0.2, 0.25) is 0 Å². The normalized spacial score (nSPS) is 30.7. The Morgan fingerprint density at radius 2 is 1.08 bits per heavy atom. The van der Waals surface area contributed by atoms with E-state index in [9.17, 15) is 47.9 Å². The number of nitrogens with one attached hydrogen (secondary N) is 3. The summed E-state index contributed by atoms with van der Waals surface area (Å²) in [5.74, 6) is -7.55. The molecular formula is C62H84N4O26. The maximum absolute atomic E-state index is 14.5. The number of rotatable bonds is 29. The molecule has 5 fully saturated rings. The Labute approximate surface area is 531 Å². The third kappa shape index (κ3) is 21.0. The number of carbonyl (C=O) groups is 10. The highest BCUT2D eigenvalue weighted by molar-refractivity contribution is 5.84. The van der Waals surface area contributed by atoms with Gasteiger partial charge in [0.25, 0.3) is 5.91 Å². The average molecular weight is 1300 g/mol. The van der Waals surface area contributed by atoms with Gasteiger partial charge in [-0.3, -0.25) is 38.4 Å². The Morgan fingerprint density at radius 1 is 0.522 bits per heavy atom. The van der Waals surface area contributed by atoms with E-state index in [1.54, 1.807) is 67.6 Å². The molecule has 4 saturated heterocycles. The summed E-state index contributed by atoms with van der Waals surface area (Å²) >= 11 is 0. The van der Waals surface area contributed by atoms with Crippen LogP contribution in [0.5, 0.6) is 0 Å². The Balaban J connectivity index is 1.24. The molecular weight excluding hydrogens is 1220 g/mol. The van der Waals surface area contributed by atoms with Crippen LogP contribution in [0.1, 0.15) is 106 Å². The van der Waals surface area contributed by atoms with E-state index in [0.717, 1.165) is 47.1 Å². The summed E-state index contributed by atoms with van der Waals surface area (Å²) in [5, 5.41) is 8.03. The molecule has 20 unspecified atom stereocenters. The molecule has 1 aliphatic carbocycles. The van der Waals surface area contributed by atoms with Crippen molar-refractivity contribution in [1.29, 1.82) is 0 Å².